The molecule has 0 aromatic carbocycles. The molecule has 0 amide bonds. The Morgan fingerprint density at radius 2 is 0.826 bits per heavy atom. The first-order valence-corrected chi connectivity index (χ1v) is 6.19. The summed E-state index contributed by atoms with van der Waals surface area (Å²) < 4.78 is 147. The Kier molecular flexibility index (Phi) is 3.43. The maximum Gasteiger partial charge on any atom is 0.382 e. The van der Waals surface area contributed by atoms with E-state index in [-0.39, 0.29) is 0 Å². The highest BCUT2D eigenvalue weighted by molar-refractivity contribution is 6.49. The molecule has 1 saturated heterocycles. The van der Waals surface area contributed by atoms with Gasteiger partial charge in [0, 0.05) is 0 Å². The highest BCUT2D eigenvalue weighted by Gasteiger charge is 3.08. The molecule has 0 aromatic heterocycles. The molecular weight excluding hydrogens is 427 g/mol. The second kappa shape index (κ2) is 4.07. The molecule has 2 atom stereocenters. The molecule has 0 spiro atoms. The van der Waals surface area contributed by atoms with Gasteiger partial charge in [0.1, 0.15) is 0 Å². The fraction of sp³-hybridized carbons (Fsp3) is 1.00. The SMILES string of the molecule is FC1(F)C(F)(F)C(F)(F)C2(F)C(F)(F)C(Cl)(Cl)OC2(Cl)C1(F)F. The number of alkyl halides is 14. The van der Waals surface area contributed by atoms with E-state index in [1.807, 2.05) is 0 Å². The molecule has 0 N–H and O–H groups in total. The molecule has 2 rings (SSSR count). The molecule has 0 bridgehead atoms. The summed E-state index contributed by atoms with van der Waals surface area (Å²) in [6, 6.07) is 0. The van der Waals surface area contributed by atoms with Gasteiger partial charge in [0.05, 0.1) is 0 Å². The lowest BCUT2D eigenvalue weighted by atomic mass is 9.71. The van der Waals surface area contributed by atoms with E-state index in [1.165, 1.54) is 0 Å². The van der Waals surface area contributed by atoms with Crippen molar-refractivity contribution in [3.63, 3.8) is 0 Å². The van der Waals surface area contributed by atoms with Gasteiger partial charge in [0.2, 0.25) is 0 Å². The van der Waals surface area contributed by atoms with Crippen LogP contribution in [0.2, 0.25) is 0 Å². The lowest BCUT2D eigenvalue weighted by Gasteiger charge is -2.53. The van der Waals surface area contributed by atoms with Gasteiger partial charge in [-0.15, -0.1) is 0 Å². The summed E-state index contributed by atoms with van der Waals surface area (Å²) in [5, 5.41) is -5.71. The van der Waals surface area contributed by atoms with Gasteiger partial charge < -0.3 is 4.74 Å². The minimum atomic E-state index is -7.29. The average Bonchev–Trinajstić information content (AvgIpc) is 2.44. The Morgan fingerprint density at radius 1 is 0.478 bits per heavy atom. The Labute approximate surface area is 133 Å². The van der Waals surface area contributed by atoms with Crippen LogP contribution < -0.4 is 0 Å². The standard InChI is InChI=1S/C8Cl3F11O/c9-2-1(12,4(15,16)8(10,11)23-2)3(13,14)6(19,20)7(21,22)5(2,17)18. The van der Waals surface area contributed by atoms with Gasteiger partial charge in [-0.1, -0.05) is 34.8 Å². The molecule has 2 fully saturated rings. The van der Waals surface area contributed by atoms with Gasteiger partial charge in [0.25, 0.3) is 15.2 Å². The van der Waals surface area contributed by atoms with Gasteiger partial charge in [-0.05, 0) is 0 Å². The second-order valence-electron chi connectivity index (χ2n) is 4.74. The Hall–Kier alpha value is 0.0600. The summed E-state index contributed by atoms with van der Waals surface area (Å²) in [5.74, 6) is -34.5. The van der Waals surface area contributed by atoms with Crippen molar-refractivity contribution in [2.75, 3.05) is 0 Å². The van der Waals surface area contributed by atoms with Gasteiger partial charge in [-0.3, -0.25) is 0 Å². The molecule has 1 aliphatic carbocycles. The van der Waals surface area contributed by atoms with Gasteiger partial charge >= 0.3 is 29.6 Å². The summed E-state index contributed by atoms with van der Waals surface area (Å²) in [7, 11) is 0. The second-order valence-corrected chi connectivity index (χ2v) is 6.53. The minimum Gasteiger partial charge on any atom is -0.309 e. The van der Waals surface area contributed by atoms with Crippen molar-refractivity contribution in [3.05, 3.63) is 0 Å². The van der Waals surface area contributed by atoms with Crippen molar-refractivity contribution in [2.45, 2.75) is 44.9 Å². The van der Waals surface area contributed by atoms with E-state index in [9.17, 15) is 48.3 Å². The third-order valence-corrected chi connectivity index (χ3v) is 4.73. The molecule has 2 unspecified atom stereocenters. The van der Waals surface area contributed by atoms with Gasteiger partial charge in [-0.25, -0.2) is 4.39 Å². The average molecular weight is 427 g/mol. The molecule has 2 aliphatic rings. The molecule has 15 heteroatoms. The van der Waals surface area contributed by atoms with Crippen LogP contribution in [-0.2, 0) is 4.74 Å². The summed E-state index contributed by atoms with van der Waals surface area (Å²) >= 11 is 13.6. The molecule has 1 saturated carbocycles. The van der Waals surface area contributed by atoms with Crippen LogP contribution in [0.15, 0.2) is 0 Å². The number of hydrogen-bond acceptors (Lipinski definition) is 1. The van der Waals surface area contributed by atoms with Crippen LogP contribution in [0, 0.1) is 0 Å². The summed E-state index contributed by atoms with van der Waals surface area (Å²) in [6.45, 7) is 0. The third kappa shape index (κ3) is 1.46. The predicted octanol–water partition coefficient (Wildman–Crippen LogP) is 4.98. The normalized spacial score (nSPS) is 44.6. The van der Waals surface area contributed by atoms with E-state index in [0.29, 0.717) is 0 Å². The van der Waals surface area contributed by atoms with Crippen molar-refractivity contribution >= 4 is 34.8 Å². The summed E-state index contributed by atoms with van der Waals surface area (Å²) in [6.07, 6.45) is 0. The highest BCUT2D eigenvalue weighted by Crippen LogP contribution is 2.78. The summed E-state index contributed by atoms with van der Waals surface area (Å²) in [4.78, 5) is 0. The predicted molar refractivity (Wildman–Crippen MR) is 52.7 cm³/mol. The zero-order valence-corrected chi connectivity index (χ0v) is 12.0. The molecule has 136 valence electrons. The van der Waals surface area contributed by atoms with Gasteiger partial charge in [-0.2, -0.15) is 43.9 Å². The number of ether oxygens (including phenoxy) is 1. The molecule has 23 heavy (non-hydrogen) atoms. The fourth-order valence-corrected chi connectivity index (χ4v) is 3.25. The smallest absolute Gasteiger partial charge is 0.309 e. The Balaban J connectivity index is 2.99. The van der Waals surface area contributed by atoms with E-state index >= 15 is 0 Å². The maximum absolute atomic E-state index is 14.3. The van der Waals surface area contributed by atoms with Crippen LogP contribution in [0.4, 0.5) is 48.3 Å². The number of halogens is 14. The van der Waals surface area contributed by atoms with Crippen LogP contribution >= 0.6 is 34.8 Å². The fourth-order valence-electron chi connectivity index (χ4n) is 2.21. The first kappa shape index (κ1) is 19.4. The van der Waals surface area contributed by atoms with Crippen LogP contribution in [0.1, 0.15) is 0 Å². The van der Waals surface area contributed by atoms with Crippen LogP contribution in [0.5, 0.6) is 0 Å². The lowest BCUT2D eigenvalue weighted by Crippen LogP contribution is -2.86. The molecule has 1 aliphatic heterocycles. The van der Waals surface area contributed by atoms with Crippen molar-refractivity contribution < 1.29 is 53.0 Å². The van der Waals surface area contributed by atoms with Crippen molar-refractivity contribution in [3.8, 4) is 0 Å². The zero-order valence-electron chi connectivity index (χ0n) is 9.70. The topological polar surface area (TPSA) is 9.23 Å². The van der Waals surface area contributed by atoms with Crippen LogP contribution in [-0.4, -0.2) is 44.9 Å². The molecule has 0 radical (unpaired) electrons. The van der Waals surface area contributed by atoms with E-state index in [0.717, 1.165) is 0 Å². The lowest BCUT2D eigenvalue weighted by molar-refractivity contribution is -0.461. The number of fused-ring (bicyclic) bond motifs is 1. The van der Waals surface area contributed by atoms with Crippen molar-refractivity contribution in [1.29, 1.82) is 0 Å². The van der Waals surface area contributed by atoms with Crippen molar-refractivity contribution in [2.24, 2.45) is 0 Å². The molecule has 1 nitrogen and oxygen atoms in total. The molecular formula is C8Cl3F11O. The minimum absolute atomic E-state index is 3.17. The zero-order chi connectivity index (χ0) is 18.7. The largest absolute Gasteiger partial charge is 0.382 e. The van der Waals surface area contributed by atoms with Crippen molar-refractivity contribution in [1.82, 2.24) is 0 Å². The highest BCUT2D eigenvalue weighted by atomic mass is 35.5. The first-order valence-electron chi connectivity index (χ1n) is 5.05. The Morgan fingerprint density at radius 3 is 1.22 bits per heavy atom. The van der Waals surface area contributed by atoms with Crippen LogP contribution in [0.3, 0.4) is 0 Å². The first-order chi connectivity index (χ1) is 9.71. The van der Waals surface area contributed by atoms with Gasteiger partial charge in [0.15, 0.2) is 0 Å². The van der Waals surface area contributed by atoms with E-state index in [4.69, 9.17) is 0 Å². The van der Waals surface area contributed by atoms with E-state index in [1.54, 1.807) is 0 Å². The monoisotopic (exact) mass is 426 g/mol. The number of rotatable bonds is 0. The third-order valence-electron chi connectivity index (χ3n) is 3.53. The number of hydrogen-bond donors (Lipinski definition) is 0. The maximum atomic E-state index is 14.3. The van der Waals surface area contributed by atoms with E-state index < -0.39 is 44.9 Å². The molecule has 1 heterocycles. The van der Waals surface area contributed by atoms with Crippen LogP contribution in [0.25, 0.3) is 0 Å². The summed E-state index contributed by atoms with van der Waals surface area (Å²) in [5.41, 5.74) is -6.59. The van der Waals surface area contributed by atoms with E-state index in [2.05, 4.69) is 39.5 Å². The Bertz CT molecular complexity index is 561. The quantitative estimate of drug-likeness (QED) is 0.391. The molecule has 0 aromatic rings.